The van der Waals surface area contributed by atoms with E-state index in [1.807, 2.05) is 0 Å². The Morgan fingerprint density at radius 2 is 1.73 bits per heavy atom. The highest BCUT2D eigenvalue weighted by Gasteiger charge is 2.58. The van der Waals surface area contributed by atoms with Crippen LogP contribution in [0.2, 0.25) is 0 Å². The van der Waals surface area contributed by atoms with Gasteiger partial charge in [0.15, 0.2) is 5.60 Å². The lowest BCUT2D eigenvalue weighted by Gasteiger charge is -2.30. The number of phosphoric acid groups is 1. The summed E-state index contributed by atoms with van der Waals surface area (Å²) in [4.78, 5) is 49.2. The summed E-state index contributed by atoms with van der Waals surface area (Å²) in [5.74, 6) is -6.49. The summed E-state index contributed by atoms with van der Waals surface area (Å²) in [5, 5.41) is 10.8. The predicted molar refractivity (Wildman–Crippen MR) is 76.7 cm³/mol. The number of fused-ring (bicyclic) bond motifs is 4. The van der Waals surface area contributed by atoms with Crippen LogP contribution in [-0.2, 0) is 47.6 Å². The lowest BCUT2D eigenvalue weighted by atomic mass is 9.79. The van der Waals surface area contributed by atoms with Gasteiger partial charge in [0.05, 0.1) is 17.8 Å². The summed E-state index contributed by atoms with van der Waals surface area (Å²) in [7, 11) is -4.98. The number of benzene rings is 1. The van der Waals surface area contributed by atoms with Crippen molar-refractivity contribution >= 4 is 37.1 Å². The predicted octanol–water partition coefficient (Wildman–Crippen LogP) is -0.385. The quantitative estimate of drug-likeness (QED) is 0.319. The number of nitrogen functional groups attached to an aromatic ring is 2. The Balaban J connectivity index is 2.22. The first kappa shape index (κ1) is 18.1. The van der Waals surface area contributed by atoms with Crippen LogP contribution in [0.25, 0.3) is 0 Å². The second kappa shape index (κ2) is 6.23. The highest BCUT2D eigenvalue weighted by atomic mass is 31.2. The molecule has 14 heteroatoms. The van der Waals surface area contributed by atoms with E-state index in [-0.39, 0.29) is 16.9 Å². The summed E-state index contributed by atoms with van der Waals surface area (Å²) >= 11 is 0. The fourth-order valence-corrected chi connectivity index (χ4v) is 2.95. The van der Waals surface area contributed by atoms with Crippen LogP contribution in [0.4, 0.5) is 11.4 Å². The molecule has 3 unspecified atom stereocenters. The average Bonchev–Trinajstić information content (AvgIpc) is 2.65. The first-order chi connectivity index (χ1) is 12.2. The number of anilines is 2. The summed E-state index contributed by atoms with van der Waals surface area (Å²) in [6, 6.07) is 3.99. The van der Waals surface area contributed by atoms with Gasteiger partial charge >= 0.3 is 25.7 Å². The van der Waals surface area contributed by atoms with Crippen LogP contribution in [-0.4, -0.2) is 28.6 Å². The molecular formula is C12H11N2O11P. The van der Waals surface area contributed by atoms with Gasteiger partial charge in [-0.1, -0.05) is 26.2 Å². The molecule has 3 rings (SSSR count). The molecule has 26 heavy (non-hydrogen) atoms. The molecule has 0 spiro atoms. The fraction of sp³-hybridized carbons (Fsp3) is 0.250. The van der Waals surface area contributed by atoms with Gasteiger partial charge in [-0.15, -0.1) is 0 Å². The maximum Gasteiger partial charge on any atom is 0.584 e. The van der Waals surface area contributed by atoms with Crippen molar-refractivity contribution in [3.63, 3.8) is 0 Å². The third-order valence-electron chi connectivity index (χ3n) is 3.60. The molecule has 1 aromatic carbocycles. The molecule has 2 saturated heterocycles. The van der Waals surface area contributed by atoms with E-state index >= 15 is 0 Å². The smallest absolute Gasteiger partial charge is 0.397 e. The van der Waals surface area contributed by atoms with E-state index in [0.29, 0.717) is 0 Å². The van der Waals surface area contributed by atoms with Crippen molar-refractivity contribution in [3.05, 3.63) is 23.8 Å². The Bertz CT molecular complexity index is 842. The van der Waals surface area contributed by atoms with Gasteiger partial charge in [-0.3, -0.25) is 14.7 Å². The SMILES string of the molecule is Nc1cccc(C2C(=O)OOP3(=O)OOC(=O)CC2(O)C(=O)OO3)c1N. The third kappa shape index (κ3) is 2.98. The minimum atomic E-state index is -4.98. The van der Waals surface area contributed by atoms with Gasteiger partial charge in [-0.05, 0) is 11.6 Å². The van der Waals surface area contributed by atoms with Gasteiger partial charge in [0.2, 0.25) is 0 Å². The molecule has 2 aliphatic heterocycles. The maximum absolute atomic E-state index is 12.4. The highest BCUT2D eigenvalue weighted by Crippen LogP contribution is 2.53. The van der Waals surface area contributed by atoms with E-state index < -0.39 is 43.7 Å². The van der Waals surface area contributed by atoms with Crippen molar-refractivity contribution in [2.45, 2.75) is 17.9 Å². The van der Waals surface area contributed by atoms with Crippen LogP contribution in [0, 0.1) is 0 Å². The number of rotatable bonds is 1. The number of hydrogen-bond acceptors (Lipinski definition) is 13. The molecule has 140 valence electrons. The number of aliphatic hydroxyl groups is 1. The first-order valence-corrected chi connectivity index (χ1v) is 8.28. The van der Waals surface area contributed by atoms with Gasteiger partial charge in [0, 0.05) is 0 Å². The van der Waals surface area contributed by atoms with Crippen LogP contribution in [0.3, 0.4) is 0 Å². The van der Waals surface area contributed by atoms with E-state index in [1.54, 1.807) is 0 Å². The van der Waals surface area contributed by atoms with E-state index in [2.05, 4.69) is 28.7 Å². The number of hydrogen-bond donors (Lipinski definition) is 3. The molecule has 2 fully saturated rings. The fourth-order valence-electron chi connectivity index (χ4n) is 2.38. The highest BCUT2D eigenvalue weighted by molar-refractivity contribution is 7.48. The third-order valence-corrected chi connectivity index (χ3v) is 4.37. The number of carbonyl (C=O) groups is 3. The molecule has 5 N–H and O–H groups in total. The molecule has 0 aromatic heterocycles. The lowest BCUT2D eigenvalue weighted by molar-refractivity contribution is -0.291. The standard InChI is InChI=1S/C12H11N2O11P/c13-6-3-1-2-5(9(6)14)8-10(16)21-24-26(19)23-20-7(15)4-12(8,18)11(17)22-25-26/h1-3,8,18H,4,13-14H2. The number of carbonyl (C=O) groups excluding carboxylic acids is 3. The molecule has 0 saturated carbocycles. The van der Waals surface area contributed by atoms with E-state index in [9.17, 15) is 24.1 Å². The van der Waals surface area contributed by atoms with Crippen molar-refractivity contribution in [1.82, 2.24) is 0 Å². The van der Waals surface area contributed by atoms with Crippen molar-refractivity contribution < 1.29 is 52.7 Å². The van der Waals surface area contributed by atoms with Crippen molar-refractivity contribution in [3.8, 4) is 0 Å². The maximum atomic E-state index is 12.4. The molecule has 1 aromatic rings. The molecule has 2 bridgehead atoms. The lowest BCUT2D eigenvalue weighted by Crippen LogP contribution is -2.50. The van der Waals surface area contributed by atoms with Gasteiger partial charge in [-0.25, -0.2) is 18.9 Å². The second-order valence-electron chi connectivity index (χ2n) is 5.28. The van der Waals surface area contributed by atoms with Gasteiger partial charge in [-0.2, -0.15) is 0 Å². The van der Waals surface area contributed by atoms with Crippen molar-refractivity contribution in [2.75, 3.05) is 11.5 Å². The number of para-hydroxylation sites is 1. The largest absolute Gasteiger partial charge is 0.584 e. The molecular weight excluding hydrogens is 379 g/mol. The minimum Gasteiger partial charge on any atom is -0.397 e. The van der Waals surface area contributed by atoms with Crippen LogP contribution in [0.1, 0.15) is 17.9 Å². The first-order valence-electron chi connectivity index (χ1n) is 6.82. The van der Waals surface area contributed by atoms with Crippen molar-refractivity contribution in [2.24, 2.45) is 0 Å². The van der Waals surface area contributed by atoms with Gasteiger partial charge in [0.1, 0.15) is 5.92 Å². The Hall–Kier alpha value is -2.70. The molecule has 3 atom stereocenters. The number of nitrogens with two attached hydrogens (primary N) is 2. The van der Waals surface area contributed by atoms with Crippen LogP contribution in [0.5, 0.6) is 0 Å². The Labute approximate surface area is 144 Å². The summed E-state index contributed by atoms with van der Waals surface area (Å²) in [6.45, 7) is 0. The molecule has 0 amide bonds. The second-order valence-corrected chi connectivity index (χ2v) is 6.63. The van der Waals surface area contributed by atoms with E-state index in [4.69, 9.17) is 11.5 Å². The average molecular weight is 390 g/mol. The molecule has 0 aliphatic carbocycles. The topological polar surface area (TPSA) is 196 Å². The zero-order valence-electron chi connectivity index (χ0n) is 12.6. The zero-order chi connectivity index (χ0) is 19.1. The summed E-state index contributed by atoms with van der Waals surface area (Å²) in [5.41, 5.74) is 8.16. The Morgan fingerprint density at radius 3 is 2.46 bits per heavy atom. The van der Waals surface area contributed by atoms with Gasteiger partial charge < -0.3 is 16.6 Å². The molecule has 13 nitrogen and oxygen atoms in total. The molecule has 2 aliphatic rings. The zero-order valence-corrected chi connectivity index (χ0v) is 13.5. The van der Waals surface area contributed by atoms with Crippen molar-refractivity contribution in [1.29, 1.82) is 0 Å². The van der Waals surface area contributed by atoms with Crippen LogP contribution in [0.15, 0.2) is 18.2 Å². The van der Waals surface area contributed by atoms with E-state index in [1.165, 1.54) is 18.2 Å². The summed E-state index contributed by atoms with van der Waals surface area (Å²) in [6.07, 6.45) is -1.16. The van der Waals surface area contributed by atoms with Crippen LogP contribution < -0.4 is 11.5 Å². The summed E-state index contributed by atoms with van der Waals surface area (Å²) < 4.78 is 24.4. The molecule has 2 heterocycles. The monoisotopic (exact) mass is 390 g/mol. The van der Waals surface area contributed by atoms with Gasteiger partial charge in [0.25, 0.3) is 0 Å². The minimum absolute atomic E-state index is 0.00623. The van der Waals surface area contributed by atoms with Crippen LogP contribution >= 0.6 is 7.82 Å². The van der Waals surface area contributed by atoms with E-state index in [0.717, 1.165) is 0 Å². The Morgan fingerprint density at radius 1 is 1.08 bits per heavy atom. The normalized spacial score (nSPS) is 32.2. The molecule has 0 radical (unpaired) electrons. The Kier molecular flexibility index (Phi) is 4.34.